The molecule has 0 fully saturated rings. The lowest BCUT2D eigenvalue weighted by molar-refractivity contribution is 0.414. The van der Waals surface area contributed by atoms with E-state index >= 15 is 0 Å². The third kappa shape index (κ3) is 9.96. The molecule has 0 aliphatic rings. The van der Waals surface area contributed by atoms with Crippen LogP contribution in [0.15, 0.2) is 29.3 Å². The zero-order valence-corrected chi connectivity index (χ0v) is 16.5. The normalized spacial score (nSPS) is 13.4. The van der Waals surface area contributed by atoms with Gasteiger partial charge in [-0.05, 0) is 50.3 Å². The molecule has 1 aromatic carbocycles. The van der Waals surface area contributed by atoms with Gasteiger partial charge >= 0.3 is 0 Å². The molecule has 0 spiro atoms. The monoisotopic (exact) mass is 369 g/mol. The number of nitrogens with one attached hydrogen (secondary N) is 2. The fraction of sp³-hybridized carbons (Fsp3) is 0.611. The molecule has 1 atom stereocenters. The van der Waals surface area contributed by atoms with Gasteiger partial charge in [0, 0.05) is 25.9 Å². The lowest BCUT2D eigenvalue weighted by atomic mass is 10.1. The highest BCUT2D eigenvalue weighted by molar-refractivity contribution is 7.90. The predicted molar refractivity (Wildman–Crippen MR) is 104 cm³/mol. The number of sulfone groups is 1. The van der Waals surface area contributed by atoms with Gasteiger partial charge in [-0.15, -0.1) is 0 Å². The lowest BCUT2D eigenvalue weighted by Crippen LogP contribution is -2.43. The zero-order chi connectivity index (χ0) is 18.7. The van der Waals surface area contributed by atoms with Gasteiger partial charge in [-0.2, -0.15) is 0 Å². The van der Waals surface area contributed by atoms with E-state index in [4.69, 9.17) is 4.74 Å². The van der Waals surface area contributed by atoms with E-state index in [-0.39, 0.29) is 11.8 Å². The first-order valence-electron chi connectivity index (χ1n) is 8.62. The first kappa shape index (κ1) is 21.3. The van der Waals surface area contributed by atoms with Gasteiger partial charge in [0.25, 0.3) is 0 Å². The summed E-state index contributed by atoms with van der Waals surface area (Å²) in [5.74, 6) is 1.77. The van der Waals surface area contributed by atoms with E-state index in [9.17, 15) is 8.42 Å². The maximum Gasteiger partial charge on any atom is 0.191 e. The molecule has 6 nitrogen and oxygen atoms in total. The number of rotatable bonds is 10. The van der Waals surface area contributed by atoms with Gasteiger partial charge < -0.3 is 15.4 Å². The van der Waals surface area contributed by atoms with Gasteiger partial charge in [0.05, 0.1) is 12.9 Å². The number of benzene rings is 1. The SMILES string of the molecule is CN=C(NCCCCc1ccc(OC)cc1)NC(C)CCS(C)(=O)=O. The molecule has 0 bridgehead atoms. The minimum Gasteiger partial charge on any atom is -0.497 e. The number of hydrogen-bond acceptors (Lipinski definition) is 4. The van der Waals surface area contributed by atoms with E-state index in [1.165, 1.54) is 11.8 Å². The van der Waals surface area contributed by atoms with Crippen molar-refractivity contribution in [1.29, 1.82) is 0 Å². The minimum absolute atomic E-state index is 0.0558. The topological polar surface area (TPSA) is 79.8 Å². The summed E-state index contributed by atoms with van der Waals surface area (Å²) < 4.78 is 27.6. The lowest BCUT2D eigenvalue weighted by Gasteiger charge is -2.17. The smallest absolute Gasteiger partial charge is 0.191 e. The summed E-state index contributed by atoms with van der Waals surface area (Å²) in [6, 6.07) is 8.21. The fourth-order valence-electron chi connectivity index (χ4n) is 2.34. The van der Waals surface area contributed by atoms with Crippen molar-refractivity contribution in [3.8, 4) is 5.75 Å². The second-order valence-corrected chi connectivity index (χ2v) is 8.53. The van der Waals surface area contributed by atoms with Crippen LogP contribution >= 0.6 is 0 Å². The summed E-state index contributed by atoms with van der Waals surface area (Å²) in [4.78, 5) is 4.18. The summed E-state index contributed by atoms with van der Waals surface area (Å²) in [6.07, 6.45) is 4.97. The Morgan fingerprint density at radius 2 is 1.92 bits per heavy atom. The molecule has 25 heavy (non-hydrogen) atoms. The molecule has 142 valence electrons. The van der Waals surface area contributed by atoms with Crippen molar-refractivity contribution in [1.82, 2.24) is 10.6 Å². The molecular weight excluding hydrogens is 338 g/mol. The largest absolute Gasteiger partial charge is 0.497 e. The van der Waals surface area contributed by atoms with Crippen LogP contribution in [0.3, 0.4) is 0 Å². The summed E-state index contributed by atoms with van der Waals surface area (Å²) in [5, 5.41) is 6.49. The Morgan fingerprint density at radius 1 is 1.24 bits per heavy atom. The number of aryl methyl sites for hydroxylation is 1. The molecule has 0 radical (unpaired) electrons. The van der Waals surface area contributed by atoms with Crippen molar-refractivity contribution < 1.29 is 13.2 Å². The Morgan fingerprint density at radius 3 is 2.48 bits per heavy atom. The second kappa shape index (κ2) is 11.0. The number of hydrogen-bond donors (Lipinski definition) is 2. The van der Waals surface area contributed by atoms with Crippen LogP contribution in [0.1, 0.15) is 31.7 Å². The molecule has 0 aromatic heterocycles. The maximum absolute atomic E-state index is 11.2. The third-order valence-electron chi connectivity index (χ3n) is 3.87. The Balaban J connectivity index is 2.21. The minimum atomic E-state index is -2.93. The van der Waals surface area contributed by atoms with Crippen molar-refractivity contribution in [2.75, 3.05) is 32.7 Å². The van der Waals surface area contributed by atoms with Crippen molar-refractivity contribution in [3.63, 3.8) is 0 Å². The van der Waals surface area contributed by atoms with Crippen molar-refractivity contribution in [3.05, 3.63) is 29.8 Å². The zero-order valence-electron chi connectivity index (χ0n) is 15.7. The average molecular weight is 370 g/mol. The van der Waals surface area contributed by atoms with Gasteiger partial charge in [0.1, 0.15) is 15.6 Å². The highest BCUT2D eigenvalue weighted by Gasteiger charge is 2.09. The first-order valence-corrected chi connectivity index (χ1v) is 10.7. The van der Waals surface area contributed by atoms with Crippen LogP contribution in [0.2, 0.25) is 0 Å². The molecule has 0 saturated heterocycles. The molecule has 2 N–H and O–H groups in total. The summed E-state index contributed by atoms with van der Waals surface area (Å²) in [7, 11) is 0.463. The summed E-state index contributed by atoms with van der Waals surface area (Å²) >= 11 is 0. The summed E-state index contributed by atoms with van der Waals surface area (Å²) in [5.41, 5.74) is 1.30. The number of methoxy groups -OCH3 is 1. The van der Waals surface area contributed by atoms with Crippen LogP contribution in [0.25, 0.3) is 0 Å². The van der Waals surface area contributed by atoms with Gasteiger partial charge in [-0.1, -0.05) is 12.1 Å². The number of ether oxygens (including phenoxy) is 1. The van der Waals surface area contributed by atoms with Crippen LogP contribution in [0.5, 0.6) is 5.75 Å². The number of unbranched alkanes of at least 4 members (excludes halogenated alkanes) is 1. The number of nitrogens with zero attached hydrogens (tertiary/aromatic N) is 1. The predicted octanol–water partition coefficient (Wildman–Crippen LogP) is 2.01. The van der Waals surface area contributed by atoms with Gasteiger partial charge in [-0.25, -0.2) is 8.42 Å². The van der Waals surface area contributed by atoms with E-state index in [0.717, 1.165) is 31.6 Å². The van der Waals surface area contributed by atoms with Gasteiger partial charge in [-0.3, -0.25) is 4.99 Å². The second-order valence-electron chi connectivity index (χ2n) is 6.27. The van der Waals surface area contributed by atoms with E-state index in [0.29, 0.717) is 12.4 Å². The molecule has 0 heterocycles. The quantitative estimate of drug-likeness (QED) is 0.375. The van der Waals surface area contributed by atoms with Crippen molar-refractivity contribution in [2.45, 2.75) is 38.6 Å². The van der Waals surface area contributed by atoms with E-state index < -0.39 is 9.84 Å². The Hall–Kier alpha value is -1.76. The van der Waals surface area contributed by atoms with Crippen LogP contribution in [0, 0.1) is 0 Å². The number of guanidine groups is 1. The highest BCUT2D eigenvalue weighted by Crippen LogP contribution is 2.12. The fourth-order valence-corrected chi connectivity index (χ4v) is 3.13. The Bertz CT molecular complexity index is 627. The molecule has 0 saturated carbocycles. The first-order chi connectivity index (χ1) is 11.8. The molecule has 1 rings (SSSR count). The maximum atomic E-state index is 11.2. The van der Waals surface area contributed by atoms with Crippen LogP contribution in [-0.4, -0.2) is 53.1 Å². The molecule has 1 aromatic rings. The van der Waals surface area contributed by atoms with E-state index in [1.54, 1.807) is 14.2 Å². The van der Waals surface area contributed by atoms with Crippen LogP contribution in [-0.2, 0) is 16.3 Å². The molecular formula is C18H31N3O3S. The van der Waals surface area contributed by atoms with E-state index in [2.05, 4.69) is 27.8 Å². The Labute approximate surface area is 152 Å². The molecule has 0 aliphatic heterocycles. The van der Waals surface area contributed by atoms with Crippen molar-refractivity contribution >= 4 is 15.8 Å². The summed E-state index contributed by atoms with van der Waals surface area (Å²) in [6.45, 7) is 2.79. The molecule has 0 amide bonds. The highest BCUT2D eigenvalue weighted by atomic mass is 32.2. The van der Waals surface area contributed by atoms with Gasteiger partial charge in [0.15, 0.2) is 5.96 Å². The molecule has 7 heteroatoms. The Kier molecular flexibility index (Phi) is 9.34. The molecule has 1 unspecified atom stereocenters. The van der Waals surface area contributed by atoms with Gasteiger partial charge in [0.2, 0.25) is 0 Å². The van der Waals surface area contributed by atoms with Crippen molar-refractivity contribution in [2.24, 2.45) is 4.99 Å². The van der Waals surface area contributed by atoms with Crippen LogP contribution < -0.4 is 15.4 Å². The standard InChI is InChI=1S/C18H31N3O3S/c1-15(12-14-25(4,22)23)21-18(19-2)20-13-6-5-7-16-8-10-17(24-3)11-9-16/h8-11,15H,5-7,12-14H2,1-4H3,(H2,19,20,21). The average Bonchev–Trinajstić information content (AvgIpc) is 2.58. The molecule has 0 aliphatic carbocycles. The van der Waals surface area contributed by atoms with Crippen LogP contribution in [0.4, 0.5) is 0 Å². The number of aliphatic imine (C=N–C) groups is 1. The third-order valence-corrected chi connectivity index (χ3v) is 4.85. The van der Waals surface area contributed by atoms with E-state index in [1.807, 2.05) is 19.1 Å².